The van der Waals surface area contributed by atoms with Crippen molar-refractivity contribution in [3.8, 4) is 0 Å². The second-order valence-electron chi connectivity index (χ2n) is 17.4. The number of likely N-dealkylation sites (N-methyl/N-ethyl adjacent to an activating group) is 2. The molecule has 0 spiro atoms. The Kier molecular flexibility index (Phi) is 23.7. The number of carbonyl (C=O) groups excluding carboxylic acids is 1. The van der Waals surface area contributed by atoms with Gasteiger partial charge < -0.3 is 65.7 Å². The van der Waals surface area contributed by atoms with E-state index in [1.54, 1.807) is 13.8 Å². The summed E-state index contributed by atoms with van der Waals surface area (Å²) in [5.74, 6) is -0.353. The summed E-state index contributed by atoms with van der Waals surface area (Å²) in [6.07, 6.45) is -0.574. The van der Waals surface area contributed by atoms with Crippen LogP contribution in [0.25, 0.3) is 0 Å². The molecular formula is C43H88N4O10. The van der Waals surface area contributed by atoms with E-state index in [0.29, 0.717) is 31.2 Å². The van der Waals surface area contributed by atoms with Crippen molar-refractivity contribution in [1.29, 1.82) is 0 Å². The molecule has 0 radical (unpaired) electrons. The number of methoxy groups -OCH3 is 1. The van der Waals surface area contributed by atoms with Crippen molar-refractivity contribution in [2.45, 2.75) is 187 Å². The zero-order valence-electron chi connectivity index (χ0n) is 38.3. The van der Waals surface area contributed by atoms with Gasteiger partial charge in [-0.15, -0.1) is 0 Å². The van der Waals surface area contributed by atoms with Crippen LogP contribution in [-0.2, 0) is 23.7 Å². The third kappa shape index (κ3) is 13.7. The number of hydrogen-bond donors (Lipinski definition) is 7. The zero-order valence-corrected chi connectivity index (χ0v) is 38.3. The first-order chi connectivity index (χ1) is 26.8. The predicted molar refractivity (Wildman–Crippen MR) is 225 cm³/mol. The maximum atomic E-state index is 14.2. The molecule has 2 saturated heterocycles. The number of hydrogen-bond acceptors (Lipinski definition) is 14. The van der Waals surface area contributed by atoms with Crippen LogP contribution in [0.15, 0.2) is 0 Å². The summed E-state index contributed by atoms with van der Waals surface area (Å²) in [6, 6.07) is -0.304. The van der Waals surface area contributed by atoms with Crippen LogP contribution < -0.4 is 11.5 Å². The predicted octanol–water partition coefficient (Wildman–Crippen LogP) is 3.32. The van der Waals surface area contributed by atoms with E-state index in [1.165, 1.54) is 21.1 Å². The number of fused-ring (bicyclic) bond motifs is 1. The molecule has 14 nitrogen and oxygen atoms in total. The summed E-state index contributed by atoms with van der Waals surface area (Å²) < 4.78 is 24.7. The molecule has 3 rings (SSSR count). The van der Waals surface area contributed by atoms with E-state index < -0.39 is 72.2 Å². The minimum Gasteiger partial charge on any atom is -0.459 e. The molecule has 0 amide bonds. The van der Waals surface area contributed by atoms with Gasteiger partial charge in [-0.25, -0.2) is 0 Å². The van der Waals surface area contributed by atoms with Gasteiger partial charge in [-0.3, -0.25) is 4.79 Å². The monoisotopic (exact) mass is 821 g/mol. The molecule has 2 heterocycles. The molecule has 3 fully saturated rings. The lowest BCUT2D eigenvalue weighted by Gasteiger charge is -2.46. The summed E-state index contributed by atoms with van der Waals surface area (Å²) >= 11 is 0. The molecule has 0 aromatic carbocycles. The average molecular weight is 821 g/mol. The van der Waals surface area contributed by atoms with Crippen molar-refractivity contribution in [2.75, 3.05) is 47.9 Å². The quantitative estimate of drug-likeness (QED) is 0.141. The van der Waals surface area contributed by atoms with Crippen molar-refractivity contribution < 1.29 is 49.3 Å². The standard InChI is InChI=1S/C40H77N3O10.C2H6.CH5N/c1-12-29(31(19-23(3)45)43(10)17-18-44)28-20-27-15-14-16-42(9)26(6)35(46)40(8,49)32(13-2)51-38(48)25(5)34(24(4)30(27)21-28)52-33-22-39(7,50-11)36(47)37(41)53-33;2*1-2/h23-37,44-47,49H,12-22,41H2,1-11H3;1-2H3;2H2,1H3/t23-,24-,25-,26-,27-,28+,29-,30-,31-,32-,33-,34+,35-,36+,37-,39-,40-;;/m1../s1. The summed E-state index contributed by atoms with van der Waals surface area (Å²) in [5, 5.41) is 54.4. The molecule has 14 heteroatoms. The highest BCUT2D eigenvalue weighted by Gasteiger charge is 2.51. The molecule has 0 aromatic heterocycles. The highest BCUT2D eigenvalue weighted by atomic mass is 16.7. The summed E-state index contributed by atoms with van der Waals surface area (Å²) in [4.78, 5) is 18.5. The Morgan fingerprint density at radius 3 is 2.23 bits per heavy atom. The van der Waals surface area contributed by atoms with Crippen LogP contribution in [0.3, 0.4) is 0 Å². The maximum absolute atomic E-state index is 14.2. The first kappa shape index (κ1) is 54.0. The number of esters is 1. The third-order valence-electron chi connectivity index (χ3n) is 13.7. The van der Waals surface area contributed by atoms with Gasteiger partial charge in [0.2, 0.25) is 0 Å². The lowest BCUT2D eigenvalue weighted by molar-refractivity contribution is -0.299. The van der Waals surface area contributed by atoms with Crippen molar-refractivity contribution in [2.24, 2.45) is 47.0 Å². The topological polar surface area (TPSA) is 214 Å². The molecule has 0 aromatic rings. The fourth-order valence-corrected chi connectivity index (χ4v) is 10.0. The number of carbonyl (C=O) groups is 1. The molecule has 340 valence electrons. The lowest BCUT2D eigenvalue weighted by atomic mass is 9.76. The smallest absolute Gasteiger partial charge is 0.311 e. The molecule has 9 N–H and O–H groups in total. The van der Waals surface area contributed by atoms with Gasteiger partial charge in [0, 0.05) is 32.2 Å². The highest BCUT2D eigenvalue weighted by molar-refractivity contribution is 5.73. The normalized spacial score (nSPS) is 40.2. The summed E-state index contributed by atoms with van der Waals surface area (Å²) in [7, 11) is 7.01. The van der Waals surface area contributed by atoms with Gasteiger partial charge in [0.25, 0.3) is 0 Å². The van der Waals surface area contributed by atoms with E-state index in [9.17, 15) is 30.3 Å². The Bertz CT molecular complexity index is 1120. The van der Waals surface area contributed by atoms with E-state index in [4.69, 9.17) is 24.7 Å². The van der Waals surface area contributed by atoms with Crippen LogP contribution in [0.2, 0.25) is 0 Å². The number of cyclic esters (lactones) is 1. The van der Waals surface area contributed by atoms with Crippen LogP contribution in [0.1, 0.15) is 121 Å². The van der Waals surface area contributed by atoms with E-state index in [0.717, 1.165) is 38.6 Å². The van der Waals surface area contributed by atoms with Gasteiger partial charge in [0.15, 0.2) is 6.29 Å². The van der Waals surface area contributed by atoms with Crippen LogP contribution in [-0.4, -0.2) is 156 Å². The minimum atomic E-state index is -1.71. The van der Waals surface area contributed by atoms with Gasteiger partial charge in [-0.2, -0.15) is 0 Å². The van der Waals surface area contributed by atoms with Crippen molar-refractivity contribution in [3.63, 3.8) is 0 Å². The zero-order chi connectivity index (χ0) is 44.0. The molecule has 17 atom stereocenters. The Morgan fingerprint density at radius 1 is 1.09 bits per heavy atom. The minimum absolute atomic E-state index is 0.0458. The lowest BCUT2D eigenvalue weighted by Crippen LogP contribution is -2.61. The Morgan fingerprint density at radius 2 is 1.70 bits per heavy atom. The number of aliphatic hydroxyl groups excluding tert-OH is 4. The van der Waals surface area contributed by atoms with E-state index in [-0.39, 0.29) is 36.8 Å². The van der Waals surface area contributed by atoms with Crippen LogP contribution >= 0.6 is 0 Å². The number of ether oxygens (including phenoxy) is 4. The Labute approximate surface area is 346 Å². The molecule has 57 heavy (non-hydrogen) atoms. The van der Waals surface area contributed by atoms with Gasteiger partial charge in [-0.05, 0) is 130 Å². The fourth-order valence-electron chi connectivity index (χ4n) is 10.0. The molecule has 2 aliphatic heterocycles. The Hall–Kier alpha value is -1.01. The van der Waals surface area contributed by atoms with Crippen LogP contribution in [0, 0.1) is 35.5 Å². The largest absolute Gasteiger partial charge is 0.459 e. The summed E-state index contributed by atoms with van der Waals surface area (Å²) in [5.41, 5.74) is 8.01. The van der Waals surface area contributed by atoms with Crippen LogP contribution in [0.5, 0.6) is 0 Å². The van der Waals surface area contributed by atoms with Gasteiger partial charge >= 0.3 is 5.97 Å². The van der Waals surface area contributed by atoms with Crippen molar-refractivity contribution >= 4 is 5.97 Å². The first-order valence-corrected chi connectivity index (χ1v) is 21.9. The van der Waals surface area contributed by atoms with E-state index >= 15 is 0 Å². The van der Waals surface area contributed by atoms with Gasteiger partial charge in [0.1, 0.15) is 30.1 Å². The van der Waals surface area contributed by atoms with Crippen molar-refractivity contribution in [3.05, 3.63) is 0 Å². The number of nitrogens with zero attached hydrogens (tertiary/aromatic N) is 2. The Balaban J connectivity index is 0.00000393. The first-order valence-electron chi connectivity index (χ1n) is 21.9. The second-order valence-corrected chi connectivity index (χ2v) is 17.4. The number of nitrogens with two attached hydrogens (primary N) is 2. The van der Waals surface area contributed by atoms with Crippen LogP contribution in [0.4, 0.5) is 0 Å². The van der Waals surface area contributed by atoms with Gasteiger partial charge in [0.05, 0.1) is 30.3 Å². The molecule has 0 unspecified atom stereocenters. The molecular weight excluding hydrogens is 732 g/mol. The molecule has 1 saturated carbocycles. The summed E-state index contributed by atoms with van der Waals surface area (Å²) in [6.45, 7) is 20.3. The number of rotatable bonds is 12. The average Bonchev–Trinajstić information content (AvgIpc) is 3.61. The fraction of sp³-hybridized carbons (Fsp3) is 0.977. The maximum Gasteiger partial charge on any atom is 0.311 e. The molecule has 0 bridgehead atoms. The van der Waals surface area contributed by atoms with E-state index in [1.807, 2.05) is 48.7 Å². The van der Waals surface area contributed by atoms with Crippen molar-refractivity contribution in [1.82, 2.24) is 9.80 Å². The third-order valence-corrected chi connectivity index (χ3v) is 13.7. The molecule has 3 aliphatic rings. The SMILES string of the molecule is CC.CC[C@H]([C@H]1C[C@H]2CCCN(C)[C@H](C)[C@@H](O)[C@](C)(O)[C@@H](CC)OC(=O)[C@H](C)[C@@H](O[C@H]3C[C@@](C)(OC)[C@@H](O)[C@H](N)O3)[C@H](C)[C@H]2C1)[C@@H](C[C@@H](C)O)N(C)CCO.CN. The number of aliphatic hydroxyl groups is 5. The molecule has 1 aliphatic carbocycles. The second kappa shape index (κ2) is 25.1. The highest BCUT2D eigenvalue weighted by Crippen LogP contribution is 2.50. The van der Waals surface area contributed by atoms with E-state index in [2.05, 4.69) is 29.4 Å². The van der Waals surface area contributed by atoms with Gasteiger partial charge in [-0.1, -0.05) is 41.0 Å².